The maximum absolute atomic E-state index is 12.5. The number of para-hydroxylation sites is 1. The lowest BCUT2D eigenvalue weighted by Crippen LogP contribution is -2.41. The van der Waals surface area contributed by atoms with Crippen LogP contribution in [0.15, 0.2) is 84.9 Å². The lowest BCUT2D eigenvalue weighted by molar-refractivity contribution is 0.0641. The Labute approximate surface area is 194 Å². The Morgan fingerprint density at radius 2 is 1.32 bits per heavy atom. The van der Waals surface area contributed by atoms with Crippen LogP contribution >= 0.6 is 0 Å². The van der Waals surface area contributed by atoms with Crippen molar-refractivity contribution in [2.45, 2.75) is 6.54 Å². The van der Waals surface area contributed by atoms with Crippen molar-refractivity contribution in [3.05, 3.63) is 113 Å². The van der Waals surface area contributed by atoms with Gasteiger partial charge in [-0.25, -0.2) is 4.98 Å². The fraction of sp³-hybridized carbons (Fsp3) is 0.0385. The molecule has 0 saturated carbocycles. The minimum absolute atomic E-state index is 0.0958. The number of nitrogens with one attached hydrogen (secondary N) is 2. The molecule has 34 heavy (non-hydrogen) atoms. The summed E-state index contributed by atoms with van der Waals surface area (Å²) in [5.41, 5.74) is 7.35. The molecule has 0 unspecified atom stereocenters. The van der Waals surface area contributed by atoms with Gasteiger partial charge in [0.25, 0.3) is 23.6 Å². The van der Waals surface area contributed by atoms with Gasteiger partial charge >= 0.3 is 0 Å². The van der Waals surface area contributed by atoms with Crippen LogP contribution in [0.1, 0.15) is 47.1 Å². The lowest BCUT2D eigenvalue weighted by atomic mass is 10.1. The van der Waals surface area contributed by atoms with Gasteiger partial charge in [0.1, 0.15) is 5.69 Å². The Balaban J connectivity index is 1.20. The van der Waals surface area contributed by atoms with Crippen LogP contribution in [0.4, 0.5) is 0 Å². The SMILES string of the molecule is O=C(NNC(=O)c1ccc2ccccc2n1)c1ccc(CN2C(=O)c3ccccc3C2=O)cc1. The molecule has 1 aliphatic heterocycles. The van der Waals surface area contributed by atoms with Crippen LogP contribution in [0.25, 0.3) is 10.9 Å². The molecule has 4 amide bonds. The highest BCUT2D eigenvalue weighted by Gasteiger charge is 2.34. The summed E-state index contributed by atoms with van der Waals surface area (Å²) in [6.45, 7) is 0.0958. The number of hydrogen-bond acceptors (Lipinski definition) is 5. The highest BCUT2D eigenvalue weighted by molar-refractivity contribution is 6.21. The van der Waals surface area contributed by atoms with E-state index in [4.69, 9.17) is 0 Å². The van der Waals surface area contributed by atoms with E-state index in [2.05, 4.69) is 15.8 Å². The van der Waals surface area contributed by atoms with Crippen molar-refractivity contribution in [2.24, 2.45) is 0 Å². The van der Waals surface area contributed by atoms with Crippen molar-refractivity contribution in [1.29, 1.82) is 0 Å². The van der Waals surface area contributed by atoms with Gasteiger partial charge in [-0.3, -0.25) is 34.9 Å². The molecule has 0 aliphatic carbocycles. The van der Waals surface area contributed by atoms with Gasteiger partial charge in [0.05, 0.1) is 23.2 Å². The molecule has 8 heteroatoms. The Bertz CT molecular complexity index is 1430. The van der Waals surface area contributed by atoms with Crippen LogP contribution in [0.2, 0.25) is 0 Å². The van der Waals surface area contributed by atoms with E-state index in [9.17, 15) is 19.2 Å². The number of pyridine rings is 1. The van der Waals surface area contributed by atoms with Gasteiger partial charge in [-0.1, -0.05) is 48.5 Å². The van der Waals surface area contributed by atoms with Crippen LogP contribution < -0.4 is 10.9 Å². The van der Waals surface area contributed by atoms with Gasteiger partial charge < -0.3 is 0 Å². The van der Waals surface area contributed by atoms with Gasteiger partial charge in [0, 0.05) is 10.9 Å². The third-order valence-corrected chi connectivity index (χ3v) is 5.56. The Hall–Kier alpha value is -4.85. The van der Waals surface area contributed by atoms with Crippen LogP contribution in [0.3, 0.4) is 0 Å². The first-order valence-electron chi connectivity index (χ1n) is 10.5. The summed E-state index contributed by atoms with van der Waals surface area (Å²) >= 11 is 0. The zero-order chi connectivity index (χ0) is 23.7. The third-order valence-electron chi connectivity index (χ3n) is 5.56. The number of rotatable bonds is 4. The molecular weight excluding hydrogens is 432 g/mol. The molecule has 0 radical (unpaired) electrons. The van der Waals surface area contributed by atoms with E-state index in [0.29, 0.717) is 27.8 Å². The summed E-state index contributed by atoms with van der Waals surface area (Å²) in [5.74, 6) is -1.73. The lowest BCUT2D eigenvalue weighted by Gasteiger charge is -2.14. The average molecular weight is 450 g/mol. The zero-order valence-electron chi connectivity index (χ0n) is 17.8. The number of carbonyl (C=O) groups is 4. The molecule has 166 valence electrons. The van der Waals surface area contributed by atoms with Gasteiger partial charge in [-0.15, -0.1) is 0 Å². The second-order valence-electron chi connectivity index (χ2n) is 7.74. The first kappa shape index (κ1) is 21.0. The minimum atomic E-state index is -0.540. The molecule has 4 aromatic rings. The largest absolute Gasteiger partial charge is 0.288 e. The number of nitrogens with zero attached hydrogens (tertiary/aromatic N) is 2. The Kier molecular flexibility index (Phi) is 5.31. The number of benzene rings is 3. The second kappa shape index (κ2) is 8.59. The molecule has 0 spiro atoms. The molecule has 1 aromatic heterocycles. The number of carbonyl (C=O) groups excluding carboxylic acids is 4. The summed E-state index contributed by atoms with van der Waals surface area (Å²) in [4.78, 5) is 55.3. The van der Waals surface area contributed by atoms with Crippen molar-refractivity contribution in [1.82, 2.24) is 20.7 Å². The molecule has 0 bridgehead atoms. The van der Waals surface area contributed by atoms with Crippen LogP contribution in [-0.4, -0.2) is 33.5 Å². The Morgan fingerprint density at radius 1 is 0.706 bits per heavy atom. The highest BCUT2D eigenvalue weighted by atomic mass is 16.2. The van der Waals surface area contributed by atoms with Crippen LogP contribution in [0, 0.1) is 0 Å². The molecule has 5 rings (SSSR count). The number of amides is 4. The normalized spacial score (nSPS) is 12.5. The monoisotopic (exact) mass is 450 g/mol. The summed E-state index contributed by atoms with van der Waals surface area (Å²) < 4.78 is 0. The van der Waals surface area contributed by atoms with Crippen molar-refractivity contribution < 1.29 is 19.2 Å². The quantitative estimate of drug-likeness (QED) is 0.367. The standard InChI is InChI=1S/C26H18N4O4/c31-23(28-29-24(32)22-14-13-17-5-1-4-8-21(17)27-22)18-11-9-16(10-12-18)15-30-25(33)19-6-2-3-7-20(19)26(30)34/h1-14H,15H2,(H,28,31)(H,29,32). The van der Waals surface area contributed by atoms with Gasteiger partial charge in [0.15, 0.2) is 0 Å². The summed E-state index contributed by atoms with van der Waals surface area (Å²) in [5, 5.41) is 0.907. The number of imide groups is 1. The van der Waals surface area contributed by atoms with E-state index in [1.165, 1.54) is 4.90 Å². The highest BCUT2D eigenvalue weighted by Crippen LogP contribution is 2.24. The van der Waals surface area contributed by atoms with Gasteiger partial charge in [0.2, 0.25) is 0 Å². The number of hydrogen-bond donors (Lipinski definition) is 2. The smallest absolute Gasteiger partial charge is 0.270 e. The van der Waals surface area contributed by atoms with Crippen LogP contribution in [-0.2, 0) is 6.54 Å². The number of fused-ring (bicyclic) bond motifs is 2. The van der Waals surface area contributed by atoms with E-state index in [1.54, 1.807) is 66.7 Å². The summed E-state index contributed by atoms with van der Waals surface area (Å²) in [7, 11) is 0. The van der Waals surface area contributed by atoms with Gasteiger partial charge in [-0.2, -0.15) is 0 Å². The maximum atomic E-state index is 12.5. The second-order valence-corrected chi connectivity index (χ2v) is 7.74. The fourth-order valence-electron chi connectivity index (χ4n) is 3.77. The molecule has 0 saturated heterocycles. The number of aromatic nitrogens is 1. The van der Waals surface area contributed by atoms with E-state index >= 15 is 0 Å². The van der Waals surface area contributed by atoms with E-state index in [1.807, 2.05) is 18.2 Å². The molecule has 2 heterocycles. The molecular formula is C26H18N4O4. The van der Waals surface area contributed by atoms with Crippen LogP contribution in [0.5, 0.6) is 0 Å². The molecule has 8 nitrogen and oxygen atoms in total. The predicted molar refractivity (Wildman–Crippen MR) is 124 cm³/mol. The molecule has 3 aromatic carbocycles. The van der Waals surface area contributed by atoms with E-state index in [0.717, 1.165) is 5.39 Å². The van der Waals surface area contributed by atoms with Gasteiger partial charge in [-0.05, 0) is 42.0 Å². The van der Waals surface area contributed by atoms with Crippen molar-refractivity contribution in [2.75, 3.05) is 0 Å². The van der Waals surface area contributed by atoms with E-state index in [-0.39, 0.29) is 24.1 Å². The van der Waals surface area contributed by atoms with Crippen molar-refractivity contribution >= 4 is 34.5 Å². The third kappa shape index (κ3) is 3.88. The molecule has 0 atom stereocenters. The first-order chi connectivity index (χ1) is 16.5. The Morgan fingerprint density at radius 3 is 2.03 bits per heavy atom. The maximum Gasteiger partial charge on any atom is 0.288 e. The topological polar surface area (TPSA) is 108 Å². The molecule has 2 N–H and O–H groups in total. The van der Waals surface area contributed by atoms with Crippen molar-refractivity contribution in [3.8, 4) is 0 Å². The minimum Gasteiger partial charge on any atom is -0.270 e. The first-order valence-corrected chi connectivity index (χ1v) is 10.5. The fourth-order valence-corrected chi connectivity index (χ4v) is 3.77. The zero-order valence-corrected chi connectivity index (χ0v) is 17.8. The summed E-state index contributed by atoms with van der Waals surface area (Å²) in [6.07, 6.45) is 0. The predicted octanol–water partition coefficient (Wildman–Crippen LogP) is 3.11. The van der Waals surface area contributed by atoms with Crippen molar-refractivity contribution in [3.63, 3.8) is 0 Å². The average Bonchev–Trinajstić information content (AvgIpc) is 3.12. The summed E-state index contributed by atoms with van der Waals surface area (Å²) in [6, 6.07) is 23.9. The molecule has 1 aliphatic rings. The van der Waals surface area contributed by atoms with E-state index < -0.39 is 11.8 Å². The molecule has 0 fully saturated rings. The number of hydrazine groups is 1.